The molecule has 1 aromatic carbocycles. The fourth-order valence-corrected chi connectivity index (χ4v) is 4.50. The lowest BCUT2D eigenvalue weighted by molar-refractivity contribution is 0.302. The Morgan fingerprint density at radius 1 is 0.568 bits per heavy atom. The SMILES string of the molecule is CCCCCCCCCCCCOc1ccc(-c2ncc(OCCCCCCCCCC)cn2)c(F)c1. The molecule has 5 heteroatoms. The molecule has 0 aliphatic rings. The molecule has 0 fully saturated rings. The molecule has 1 aromatic heterocycles. The molecule has 2 aromatic rings. The van der Waals surface area contributed by atoms with Crippen LogP contribution < -0.4 is 9.47 Å². The molecule has 0 atom stereocenters. The molecule has 0 unspecified atom stereocenters. The molecule has 0 aliphatic carbocycles. The Morgan fingerprint density at radius 2 is 1.00 bits per heavy atom. The number of unbranched alkanes of at least 4 members (excludes halogenated alkanes) is 16. The van der Waals surface area contributed by atoms with Gasteiger partial charge in [0.1, 0.15) is 11.6 Å². The second-order valence-electron chi connectivity index (χ2n) is 10.2. The molecule has 0 spiro atoms. The highest BCUT2D eigenvalue weighted by Crippen LogP contribution is 2.25. The summed E-state index contributed by atoms with van der Waals surface area (Å²) in [4.78, 5) is 8.62. The second-order valence-corrected chi connectivity index (χ2v) is 10.2. The van der Waals surface area contributed by atoms with Gasteiger partial charge in [-0.15, -0.1) is 0 Å². The van der Waals surface area contributed by atoms with Crippen molar-refractivity contribution >= 4 is 0 Å². The van der Waals surface area contributed by atoms with Crippen molar-refractivity contribution < 1.29 is 13.9 Å². The number of nitrogens with zero attached hydrogens (tertiary/aromatic N) is 2. The molecule has 0 N–H and O–H groups in total. The van der Waals surface area contributed by atoms with Crippen LogP contribution in [-0.4, -0.2) is 23.2 Å². The minimum Gasteiger partial charge on any atom is -0.493 e. The van der Waals surface area contributed by atoms with E-state index in [1.807, 2.05) is 0 Å². The van der Waals surface area contributed by atoms with Crippen LogP contribution in [0.3, 0.4) is 0 Å². The van der Waals surface area contributed by atoms with Gasteiger partial charge in [0.25, 0.3) is 0 Å². The average Bonchev–Trinajstić information content (AvgIpc) is 2.91. The summed E-state index contributed by atoms with van der Waals surface area (Å²) in [6, 6.07) is 4.92. The van der Waals surface area contributed by atoms with Crippen LogP contribution in [0.1, 0.15) is 129 Å². The van der Waals surface area contributed by atoms with E-state index in [1.54, 1.807) is 24.5 Å². The third kappa shape index (κ3) is 14.4. The zero-order valence-corrected chi connectivity index (χ0v) is 23.6. The minimum atomic E-state index is -0.367. The molecule has 0 amide bonds. The Hall–Kier alpha value is -2.17. The molecular formula is C32H51FN2O2. The van der Waals surface area contributed by atoms with Gasteiger partial charge in [-0.05, 0) is 25.0 Å². The molecule has 0 aliphatic heterocycles. The zero-order chi connectivity index (χ0) is 26.4. The summed E-state index contributed by atoms with van der Waals surface area (Å²) in [6.07, 6.45) is 26.2. The smallest absolute Gasteiger partial charge is 0.162 e. The molecule has 0 saturated heterocycles. The lowest BCUT2D eigenvalue weighted by atomic mass is 10.1. The molecule has 0 saturated carbocycles. The topological polar surface area (TPSA) is 44.2 Å². The van der Waals surface area contributed by atoms with Crippen molar-refractivity contribution in [2.24, 2.45) is 0 Å². The lowest BCUT2D eigenvalue weighted by Crippen LogP contribution is -2.00. The summed E-state index contributed by atoms with van der Waals surface area (Å²) in [7, 11) is 0. The van der Waals surface area contributed by atoms with E-state index in [4.69, 9.17) is 9.47 Å². The summed E-state index contributed by atoms with van der Waals surface area (Å²) in [5.74, 6) is 1.18. The van der Waals surface area contributed by atoms with Crippen LogP contribution in [0.5, 0.6) is 11.5 Å². The summed E-state index contributed by atoms with van der Waals surface area (Å²) in [5, 5.41) is 0. The van der Waals surface area contributed by atoms with E-state index in [-0.39, 0.29) is 5.82 Å². The average molecular weight is 515 g/mol. The largest absolute Gasteiger partial charge is 0.493 e. The van der Waals surface area contributed by atoms with Crippen molar-refractivity contribution in [1.29, 1.82) is 0 Å². The van der Waals surface area contributed by atoms with Gasteiger partial charge in [-0.3, -0.25) is 0 Å². The van der Waals surface area contributed by atoms with Crippen LogP contribution in [0, 0.1) is 5.82 Å². The van der Waals surface area contributed by atoms with E-state index in [2.05, 4.69) is 23.8 Å². The predicted octanol–water partition coefficient (Wildman–Crippen LogP) is 10.1. The first-order valence-electron chi connectivity index (χ1n) is 15.1. The van der Waals surface area contributed by atoms with Crippen LogP contribution in [0.15, 0.2) is 30.6 Å². The standard InChI is InChI=1S/C32H51FN2O2/c1-3-5-7-9-11-13-14-16-17-19-23-36-28-21-22-30(31(33)25-28)32-34-26-29(27-35-32)37-24-20-18-15-12-10-8-6-4-2/h21-22,25-27H,3-20,23-24H2,1-2H3. The first-order valence-corrected chi connectivity index (χ1v) is 15.1. The van der Waals surface area contributed by atoms with Gasteiger partial charge in [-0.2, -0.15) is 0 Å². The molecule has 208 valence electrons. The normalized spacial score (nSPS) is 11.1. The highest BCUT2D eigenvalue weighted by atomic mass is 19.1. The van der Waals surface area contributed by atoms with Crippen molar-refractivity contribution in [3.63, 3.8) is 0 Å². The van der Waals surface area contributed by atoms with Crippen LogP contribution >= 0.6 is 0 Å². The van der Waals surface area contributed by atoms with E-state index in [1.165, 1.54) is 102 Å². The summed E-state index contributed by atoms with van der Waals surface area (Å²) in [6.45, 7) is 5.79. The quantitative estimate of drug-likeness (QED) is 0.138. The van der Waals surface area contributed by atoms with Crippen LogP contribution in [-0.2, 0) is 0 Å². The van der Waals surface area contributed by atoms with Crippen molar-refractivity contribution in [1.82, 2.24) is 9.97 Å². The number of rotatable bonds is 23. The monoisotopic (exact) mass is 514 g/mol. The number of hydrogen-bond acceptors (Lipinski definition) is 4. The number of hydrogen-bond donors (Lipinski definition) is 0. The van der Waals surface area contributed by atoms with Gasteiger partial charge in [0.15, 0.2) is 11.6 Å². The van der Waals surface area contributed by atoms with E-state index < -0.39 is 0 Å². The molecule has 0 bridgehead atoms. The van der Waals surface area contributed by atoms with Gasteiger partial charge in [-0.1, -0.05) is 117 Å². The Bertz CT molecular complexity index is 813. The lowest BCUT2D eigenvalue weighted by Gasteiger charge is -2.09. The number of halogens is 1. The molecule has 0 radical (unpaired) electrons. The number of ether oxygens (including phenoxy) is 2. The van der Waals surface area contributed by atoms with Crippen molar-refractivity contribution in [3.8, 4) is 22.9 Å². The fraction of sp³-hybridized carbons (Fsp3) is 0.688. The maximum Gasteiger partial charge on any atom is 0.162 e. The van der Waals surface area contributed by atoms with Crippen LogP contribution in [0.2, 0.25) is 0 Å². The van der Waals surface area contributed by atoms with E-state index >= 15 is 0 Å². The zero-order valence-electron chi connectivity index (χ0n) is 23.6. The first kappa shape index (κ1) is 31.1. The van der Waals surface area contributed by atoms with Gasteiger partial charge in [0.05, 0.1) is 31.2 Å². The molecule has 2 rings (SSSR count). The highest BCUT2D eigenvalue weighted by molar-refractivity contribution is 5.57. The Balaban J connectivity index is 1.59. The number of benzene rings is 1. The van der Waals surface area contributed by atoms with Crippen LogP contribution in [0.25, 0.3) is 11.4 Å². The summed E-state index contributed by atoms with van der Waals surface area (Å²) < 4.78 is 26.2. The van der Waals surface area contributed by atoms with Crippen LogP contribution in [0.4, 0.5) is 4.39 Å². The Kier molecular flexibility index (Phi) is 17.5. The van der Waals surface area contributed by atoms with Gasteiger partial charge in [0.2, 0.25) is 0 Å². The van der Waals surface area contributed by atoms with Crippen molar-refractivity contribution in [2.45, 2.75) is 129 Å². The fourth-order valence-electron chi connectivity index (χ4n) is 4.50. The maximum absolute atomic E-state index is 14.7. The Labute approximate surface area is 225 Å². The highest BCUT2D eigenvalue weighted by Gasteiger charge is 2.10. The third-order valence-corrected chi connectivity index (χ3v) is 6.84. The maximum atomic E-state index is 14.7. The third-order valence-electron chi connectivity index (χ3n) is 6.84. The molecule has 37 heavy (non-hydrogen) atoms. The van der Waals surface area contributed by atoms with Crippen molar-refractivity contribution in [3.05, 3.63) is 36.4 Å². The predicted molar refractivity (Wildman–Crippen MR) is 153 cm³/mol. The minimum absolute atomic E-state index is 0.359. The van der Waals surface area contributed by atoms with Gasteiger partial charge in [0, 0.05) is 6.07 Å². The molecule has 4 nitrogen and oxygen atoms in total. The Morgan fingerprint density at radius 3 is 1.46 bits per heavy atom. The van der Waals surface area contributed by atoms with E-state index in [0.29, 0.717) is 36.1 Å². The van der Waals surface area contributed by atoms with Gasteiger partial charge >= 0.3 is 0 Å². The first-order chi connectivity index (χ1) is 18.2. The molecular weight excluding hydrogens is 463 g/mol. The van der Waals surface area contributed by atoms with Gasteiger partial charge in [-0.25, -0.2) is 14.4 Å². The number of aromatic nitrogens is 2. The van der Waals surface area contributed by atoms with Gasteiger partial charge < -0.3 is 9.47 Å². The summed E-state index contributed by atoms with van der Waals surface area (Å²) >= 11 is 0. The van der Waals surface area contributed by atoms with E-state index in [0.717, 1.165) is 19.3 Å². The van der Waals surface area contributed by atoms with E-state index in [9.17, 15) is 4.39 Å². The summed E-state index contributed by atoms with van der Waals surface area (Å²) in [5.41, 5.74) is 0.376. The second kappa shape index (κ2) is 20.8. The molecule has 1 heterocycles. The van der Waals surface area contributed by atoms with Crippen molar-refractivity contribution in [2.75, 3.05) is 13.2 Å².